The first-order valence-corrected chi connectivity index (χ1v) is 6.77. The van der Waals surface area contributed by atoms with E-state index in [0.29, 0.717) is 24.3 Å². The van der Waals surface area contributed by atoms with Gasteiger partial charge in [-0.3, -0.25) is 14.3 Å². The molecule has 1 heterocycles. The van der Waals surface area contributed by atoms with E-state index < -0.39 is 11.2 Å². The third-order valence-corrected chi connectivity index (χ3v) is 3.19. The van der Waals surface area contributed by atoms with Crippen molar-refractivity contribution >= 4 is 6.08 Å². The van der Waals surface area contributed by atoms with Gasteiger partial charge in [-0.2, -0.15) is 0 Å². The molecule has 0 radical (unpaired) electrons. The van der Waals surface area contributed by atoms with Crippen molar-refractivity contribution < 1.29 is 4.74 Å². The third-order valence-electron chi connectivity index (χ3n) is 3.19. The molecule has 0 saturated carbocycles. The molecule has 5 heteroatoms. The second-order valence-electron chi connectivity index (χ2n) is 4.54. The quantitative estimate of drug-likeness (QED) is 0.880. The molecule has 0 atom stereocenters. The monoisotopic (exact) mass is 286 g/mol. The van der Waals surface area contributed by atoms with Crippen LogP contribution in [0.25, 0.3) is 6.08 Å². The van der Waals surface area contributed by atoms with Crippen LogP contribution in [0.2, 0.25) is 0 Å². The lowest BCUT2D eigenvalue weighted by Gasteiger charge is -2.14. The Bertz CT molecular complexity index is 729. The van der Waals surface area contributed by atoms with Crippen molar-refractivity contribution in [3.63, 3.8) is 0 Å². The number of rotatable bonds is 6. The standard InChI is InChI=1S/C16H18N2O3/c1-3-13-14(10-12-8-6-5-7-9-12)18(11-21-4-2)16(20)17-15(13)19/h3,5-9H,1,4,10-11H2,2H3,(H,17,19,20). The number of nitrogens with one attached hydrogen (secondary N) is 1. The summed E-state index contributed by atoms with van der Waals surface area (Å²) in [6.45, 7) is 6.11. The summed E-state index contributed by atoms with van der Waals surface area (Å²) in [7, 11) is 0. The summed E-state index contributed by atoms with van der Waals surface area (Å²) in [5, 5.41) is 0. The summed E-state index contributed by atoms with van der Waals surface area (Å²) in [6.07, 6.45) is 1.94. The van der Waals surface area contributed by atoms with Crippen LogP contribution < -0.4 is 11.2 Å². The van der Waals surface area contributed by atoms with Crippen molar-refractivity contribution in [2.24, 2.45) is 0 Å². The Kier molecular flexibility index (Phi) is 4.90. The van der Waals surface area contributed by atoms with Crippen molar-refractivity contribution in [3.05, 3.63) is 74.6 Å². The lowest BCUT2D eigenvalue weighted by molar-refractivity contribution is 0.0824. The maximum absolute atomic E-state index is 12.0. The largest absolute Gasteiger partial charge is 0.361 e. The van der Waals surface area contributed by atoms with Crippen molar-refractivity contribution in [3.8, 4) is 0 Å². The van der Waals surface area contributed by atoms with Crippen LogP contribution >= 0.6 is 0 Å². The Hall–Kier alpha value is -2.40. The minimum atomic E-state index is -0.468. The molecule has 1 aromatic heterocycles. The molecule has 0 aliphatic rings. The fourth-order valence-corrected chi connectivity index (χ4v) is 2.14. The van der Waals surface area contributed by atoms with E-state index >= 15 is 0 Å². The molecule has 0 saturated heterocycles. The number of nitrogens with zero attached hydrogens (tertiary/aromatic N) is 1. The van der Waals surface area contributed by atoms with Gasteiger partial charge in [0.2, 0.25) is 0 Å². The zero-order valence-electron chi connectivity index (χ0n) is 12.0. The third kappa shape index (κ3) is 3.38. The van der Waals surface area contributed by atoms with Crippen LogP contribution in [0.3, 0.4) is 0 Å². The molecular weight excluding hydrogens is 268 g/mol. The smallest absolute Gasteiger partial charge is 0.330 e. The first-order chi connectivity index (χ1) is 10.2. The number of H-pyrrole nitrogens is 1. The van der Waals surface area contributed by atoms with Gasteiger partial charge in [0, 0.05) is 18.7 Å². The van der Waals surface area contributed by atoms with Gasteiger partial charge in [0.05, 0.1) is 5.56 Å². The van der Waals surface area contributed by atoms with Crippen LogP contribution in [-0.4, -0.2) is 16.2 Å². The highest BCUT2D eigenvalue weighted by Crippen LogP contribution is 2.11. The van der Waals surface area contributed by atoms with Gasteiger partial charge in [-0.1, -0.05) is 43.0 Å². The van der Waals surface area contributed by atoms with E-state index in [1.807, 2.05) is 37.3 Å². The van der Waals surface area contributed by atoms with Gasteiger partial charge in [-0.05, 0) is 12.5 Å². The molecule has 0 amide bonds. The minimum Gasteiger partial charge on any atom is -0.361 e. The SMILES string of the molecule is C=Cc1c(Cc2ccccc2)n(COCC)c(=O)[nH]c1=O. The zero-order chi connectivity index (χ0) is 15.2. The second kappa shape index (κ2) is 6.85. The van der Waals surface area contributed by atoms with Crippen LogP contribution in [0, 0.1) is 0 Å². The fourth-order valence-electron chi connectivity index (χ4n) is 2.14. The summed E-state index contributed by atoms with van der Waals surface area (Å²) in [6, 6.07) is 9.65. The second-order valence-corrected chi connectivity index (χ2v) is 4.54. The molecule has 2 rings (SSSR count). The van der Waals surface area contributed by atoms with Crippen LogP contribution in [0.5, 0.6) is 0 Å². The highest BCUT2D eigenvalue weighted by Gasteiger charge is 2.13. The first-order valence-electron chi connectivity index (χ1n) is 6.77. The van der Waals surface area contributed by atoms with Crippen LogP contribution in [0.15, 0.2) is 46.5 Å². The predicted molar refractivity (Wildman–Crippen MR) is 82.3 cm³/mol. The van der Waals surface area contributed by atoms with E-state index in [2.05, 4.69) is 11.6 Å². The molecule has 2 aromatic rings. The van der Waals surface area contributed by atoms with Crippen LogP contribution in [-0.2, 0) is 17.9 Å². The maximum atomic E-state index is 12.0. The summed E-state index contributed by atoms with van der Waals surface area (Å²) in [5.41, 5.74) is 1.13. The van der Waals surface area contributed by atoms with E-state index in [4.69, 9.17) is 4.74 Å². The van der Waals surface area contributed by atoms with Gasteiger partial charge in [-0.15, -0.1) is 0 Å². The Morgan fingerprint density at radius 3 is 2.62 bits per heavy atom. The average Bonchev–Trinajstić information content (AvgIpc) is 2.48. The van der Waals surface area contributed by atoms with Gasteiger partial charge in [0.25, 0.3) is 5.56 Å². The van der Waals surface area contributed by atoms with E-state index in [-0.39, 0.29) is 6.73 Å². The van der Waals surface area contributed by atoms with Crippen molar-refractivity contribution in [2.75, 3.05) is 6.61 Å². The summed E-state index contributed by atoms with van der Waals surface area (Å²) in [4.78, 5) is 26.2. The fraction of sp³-hybridized carbons (Fsp3) is 0.250. The van der Waals surface area contributed by atoms with Gasteiger partial charge < -0.3 is 4.74 Å². The normalized spacial score (nSPS) is 10.5. The molecule has 0 bridgehead atoms. The Balaban J connectivity index is 2.56. The maximum Gasteiger partial charge on any atom is 0.330 e. The van der Waals surface area contributed by atoms with Gasteiger partial charge >= 0.3 is 5.69 Å². The molecule has 0 unspecified atom stereocenters. The van der Waals surface area contributed by atoms with E-state index in [0.717, 1.165) is 5.56 Å². The first kappa shape index (κ1) is 15.0. The molecular formula is C16H18N2O3. The number of hydrogen-bond acceptors (Lipinski definition) is 3. The Morgan fingerprint density at radius 1 is 1.29 bits per heavy atom. The van der Waals surface area contributed by atoms with Crippen molar-refractivity contribution in [1.82, 2.24) is 9.55 Å². The molecule has 5 nitrogen and oxygen atoms in total. The molecule has 1 N–H and O–H groups in total. The zero-order valence-corrected chi connectivity index (χ0v) is 12.0. The lowest BCUT2D eigenvalue weighted by atomic mass is 10.1. The number of hydrogen-bond donors (Lipinski definition) is 1. The van der Waals surface area contributed by atoms with E-state index in [1.165, 1.54) is 10.6 Å². The average molecular weight is 286 g/mol. The number of benzene rings is 1. The van der Waals surface area contributed by atoms with Crippen molar-refractivity contribution in [2.45, 2.75) is 20.1 Å². The molecule has 110 valence electrons. The number of ether oxygens (including phenoxy) is 1. The molecule has 0 fully saturated rings. The molecule has 21 heavy (non-hydrogen) atoms. The van der Waals surface area contributed by atoms with Gasteiger partial charge in [-0.25, -0.2) is 4.79 Å². The topological polar surface area (TPSA) is 64.1 Å². The Labute approximate surface area is 122 Å². The van der Waals surface area contributed by atoms with Gasteiger partial charge in [0.15, 0.2) is 0 Å². The summed E-state index contributed by atoms with van der Waals surface area (Å²) < 4.78 is 6.76. The molecule has 0 spiro atoms. The van der Waals surface area contributed by atoms with Crippen LogP contribution in [0.1, 0.15) is 23.7 Å². The number of aromatic amines is 1. The molecule has 0 aliphatic carbocycles. The highest BCUT2D eigenvalue weighted by atomic mass is 16.5. The Morgan fingerprint density at radius 2 is 2.00 bits per heavy atom. The predicted octanol–water partition coefficient (Wildman–Crippen LogP) is 1.76. The summed E-state index contributed by atoms with van der Waals surface area (Å²) in [5.74, 6) is 0. The minimum absolute atomic E-state index is 0.106. The van der Waals surface area contributed by atoms with Gasteiger partial charge in [0.1, 0.15) is 6.73 Å². The van der Waals surface area contributed by atoms with Crippen LogP contribution in [0.4, 0.5) is 0 Å². The highest BCUT2D eigenvalue weighted by molar-refractivity contribution is 5.49. The molecule has 0 aliphatic heterocycles. The van der Waals surface area contributed by atoms with E-state index in [1.54, 1.807) is 0 Å². The number of aromatic nitrogens is 2. The van der Waals surface area contributed by atoms with E-state index in [9.17, 15) is 9.59 Å². The summed E-state index contributed by atoms with van der Waals surface area (Å²) >= 11 is 0. The van der Waals surface area contributed by atoms with Crippen molar-refractivity contribution in [1.29, 1.82) is 0 Å². The lowest BCUT2D eigenvalue weighted by Crippen LogP contribution is -2.35. The molecule has 1 aromatic carbocycles.